The van der Waals surface area contributed by atoms with Gasteiger partial charge in [-0.25, -0.2) is 0 Å². The number of furan rings is 1. The van der Waals surface area contributed by atoms with Gasteiger partial charge in [0.1, 0.15) is 11.5 Å². The fourth-order valence-electron chi connectivity index (χ4n) is 2.62. The molecule has 0 fully saturated rings. The van der Waals surface area contributed by atoms with Crippen molar-refractivity contribution in [2.45, 2.75) is 12.1 Å². The van der Waals surface area contributed by atoms with Gasteiger partial charge in [0.25, 0.3) is 0 Å². The fraction of sp³-hybridized carbons (Fsp3) is 0.200. The highest BCUT2D eigenvalue weighted by molar-refractivity contribution is 7.10. The van der Waals surface area contributed by atoms with Crippen molar-refractivity contribution in [2.24, 2.45) is 0 Å². The molecular formula is C20H20N2O5S. The molecule has 7 nitrogen and oxygen atoms in total. The van der Waals surface area contributed by atoms with Crippen LogP contribution in [0.25, 0.3) is 0 Å². The highest BCUT2D eigenvalue weighted by atomic mass is 32.1. The van der Waals surface area contributed by atoms with E-state index in [1.54, 1.807) is 55.6 Å². The first-order chi connectivity index (χ1) is 13.5. The standard InChI is InChI=1S/C20H20N2O5S/c1-26-15-8-6-14(7-9-15)12-21-18(23)19(24)22-13-20(25,16-4-2-10-27-16)17-5-3-11-28-17/h2-11,25H,12-13H2,1H3,(H,21,23)(H,22,24). The van der Waals surface area contributed by atoms with E-state index in [0.717, 1.165) is 5.56 Å². The van der Waals surface area contributed by atoms with Gasteiger partial charge in [-0.15, -0.1) is 11.3 Å². The van der Waals surface area contributed by atoms with Crippen molar-refractivity contribution in [2.75, 3.05) is 13.7 Å². The van der Waals surface area contributed by atoms with Crippen LogP contribution in [0.5, 0.6) is 5.75 Å². The van der Waals surface area contributed by atoms with E-state index in [9.17, 15) is 14.7 Å². The van der Waals surface area contributed by atoms with Crippen molar-refractivity contribution < 1.29 is 23.8 Å². The molecule has 1 aromatic carbocycles. The van der Waals surface area contributed by atoms with Gasteiger partial charge in [-0.3, -0.25) is 9.59 Å². The van der Waals surface area contributed by atoms with E-state index in [-0.39, 0.29) is 18.8 Å². The average Bonchev–Trinajstić information content (AvgIpc) is 3.45. The zero-order chi connectivity index (χ0) is 20.0. The molecule has 2 aromatic heterocycles. The molecule has 2 amide bonds. The SMILES string of the molecule is COc1ccc(CNC(=O)C(=O)NCC(O)(c2ccco2)c2cccs2)cc1. The van der Waals surface area contributed by atoms with Crippen LogP contribution in [-0.2, 0) is 21.7 Å². The Labute approximate surface area is 166 Å². The van der Waals surface area contributed by atoms with E-state index in [4.69, 9.17) is 9.15 Å². The van der Waals surface area contributed by atoms with Crippen molar-refractivity contribution >= 4 is 23.2 Å². The molecule has 8 heteroatoms. The summed E-state index contributed by atoms with van der Waals surface area (Å²) in [6.07, 6.45) is 1.44. The predicted octanol–water partition coefficient (Wildman–Crippen LogP) is 2.02. The van der Waals surface area contributed by atoms with Gasteiger partial charge in [0.15, 0.2) is 5.60 Å². The minimum Gasteiger partial charge on any atom is -0.497 e. The summed E-state index contributed by atoms with van der Waals surface area (Å²) in [6.45, 7) is -0.000556. The van der Waals surface area contributed by atoms with E-state index < -0.39 is 17.4 Å². The predicted molar refractivity (Wildman–Crippen MR) is 104 cm³/mol. The molecule has 1 unspecified atom stereocenters. The third-order valence-corrected chi connectivity index (χ3v) is 5.20. The second-order valence-electron chi connectivity index (χ2n) is 6.03. The van der Waals surface area contributed by atoms with Crippen LogP contribution in [0.3, 0.4) is 0 Å². The highest BCUT2D eigenvalue weighted by Crippen LogP contribution is 2.32. The Kier molecular flexibility index (Phi) is 6.13. The summed E-state index contributed by atoms with van der Waals surface area (Å²) in [4.78, 5) is 24.8. The summed E-state index contributed by atoms with van der Waals surface area (Å²) in [5.41, 5.74) is -0.725. The number of hydrogen-bond donors (Lipinski definition) is 3. The molecule has 3 aromatic rings. The number of thiophene rings is 1. The van der Waals surface area contributed by atoms with E-state index in [0.29, 0.717) is 10.6 Å². The maximum absolute atomic E-state index is 12.2. The highest BCUT2D eigenvalue weighted by Gasteiger charge is 2.36. The zero-order valence-corrected chi connectivity index (χ0v) is 16.0. The van der Waals surface area contributed by atoms with Gasteiger partial charge in [-0.1, -0.05) is 18.2 Å². The van der Waals surface area contributed by atoms with Gasteiger partial charge in [0.2, 0.25) is 0 Å². The summed E-state index contributed by atoms with van der Waals surface area (Å²) in [6, 6.07) is 13.9. The molecule has 0 saturated heterocycles. The van der Waals surface area contributed by atoms with Crippen LogP contribution in [0.15, 0.2) is 64.6 Å². The lowest BCUT2D eigenvalue weighted by Gasteiger charge is -2.25. The van der Waals surface area contributed by atoms with E-state index >= 15 is 0 Å². The minimum atomic E-state index is -1.55. The number of ether oxygens (including phenoxy) is 1. The van der Waals surface area contributed by atoms with Crippen LogP contribution < -0.4 is 15.4 Å². The lowest BCUT2D eigenvalue weighted by molar-refractivity contribution is -0.139. The molecular weight excluding hydrogens is 380 g/mol. The number of methoxy groups -OCH3 is 1. The van der Waals surface area contributed by atoms with Crippen LogP contribution in [0.2, 0.25) is 0 Å². The van der Waals surface area contributed by atoms with Gasteiger partial charge in [-0.2, -0.15) is 0 Å². The Morgan fingerprint density at radius 2 is 1.86 bits per heavy atom. The number of aliphatic hydroxyl groups is 1. The zero-order valence-electron chi connectivity index (χ0n) is 15.2. The third kappa shape index (κ3) is 4.41. The Morgan fingerprint density at radius 1 is 1.11 bits per heavy atom. The van der Waals surface area contributed by atoms with Crippen LogP contribution in [-0.4, -0.2) is 30.6 Å². The van der Waals surface area contributed by atoms with E-state index in [1.165, 1.54) is 17.6 Å². The maximum Gasteiger partial charge on any atom is 0.309 e. The molecule has 0 aliphatic carbocycles. The Hall–Kier alpha value is -3.10. The number of rotatable bonds is 7. The van der Waals surface area contributed by atoms with E-state index in [1.807, 2.05) is 5.38 Å². The average molecular weight is 400 g/mol. The maximum atomic E-state index is 12.2. The van der Waals surface area contributed by atoms with Gasteiger partial charge in [0.05, 0.1) is 19.9 Å². The molecule has 3 rings (SSSR count). The minimum absolute atomic E-state index is 0.198. The Morgan fingerprint density at radius 3 is 2.46 bits per heavy atom. The normalized spacial score (nSPS) is 12.8. The molecule has 0 radical (unpaired) electrons. The van der Waals surface area contributed by atoms with Crippen LogP contribution in [0, 0.1) is 0 Å². The van der Waals surface area contributed by atoms with Crippen molar-refractivity contribution in [1.82, 2.24) is 10.6 Å². The topological polar surface area (TPSA) is 101 Å². The number of nitrogens with one attached hydrogen (secondary N) is 2. The van der Waals surface area contributed by atoms with Gasteiger partial charge in [-0.05, 0) is 41.3 Å². The number of carbonyl (C=O) groups excluding carboxylic acids is 2. The molecule has 0 aliphatic rings. The first-order valence-electron chi connectivity index (χ1n) is 8.52. The molecule has 0 aliphatic heterocycles. The monoisotopic (exact) mass is 400 g/mol. The molecule has 2 heterocycles. The number of hydrogen-bond acceptors (Lipinski definition) is 6. The van der Waals surface area contributed by atoms with Crippen LogP contribution in [0.1, 0.15) is 16.2 Å². The lowest BCUT2D eigenvalue weighted by atomic mass is 9.98. The second kappa shape index (κ2) is 8.73. The first-order valence-corrected chi connectivity index (χ1v) is 9.40. The molecule has 0 saturated carbocycles. The quantitative estimate of drug-likeness (QED) is 0.527. The number of benzene rings is 1. The summed E-state index contributed by atoms with van der Waals surface area (Å²) in [5, 5.41) is 17.9. The summed E-state index contributed by atoms with van der Waals surface area (Å²) >= 11 is 1.33. The van der Waals surface area contributed by atoms with Crippen molar-refractivity contribution in [1.29, 1.82) is 0 Å². The second-order valence-corrected chi connectivity index (χ2v) is 6.98. The van der Waals surface area contributed by atoms with E-state index in [2.05, 4.69) is 10.6 Å². The van der Waals surface area contributed by atoms with Gasteiger partial charge in [0, 0.05) is 11.4 Å². The molecule has 1 atom stereocenters. The third-order valence-electron chi connectivity index (χ3n) is 4.18. The number of amides is 2. The molecule has 0 spiro atoms. The summed E-state index contributed by atoms with van der Waals surface area (Å²) < 4.78 is 10.4. The van der Waals surface area contributed by atoms with Crippen molar-refractivity contribution in [3.8, 4) is 5.75 Å². The molecule has 3 N–H and O–H groups in total. The summed E-state index contributed by atoms with van der Waals surface area (Å²) in [5.74, 6) is -0.633. The molecule has 146 valence electrons. The van der Waals surface area contributed by atoms with Crippen molar-refractivity contribution in [3.63, 3.8) is 0 Å². The molecule has 0 bridgehead atoms. The van der Waals surface area contributed by atoms with Crippen LogP contribution in [0.4, 0.5) is 0 Å². The number of carbonyl (C=O) groups is 2. The molecule has 28 heavy (non-hydrogen) atoms. The van der Waals surface area contributed by atoms with Gasteiger partial charge < -0.3 is 24.9 Å². The van der Waals surface area contributed by atoms with Crippen LogP contribution >= 0.6 is 11.3 Å². The van der Waals surface area contributed by atoms with Gasteiger partial charge >= 0.3 is 11.8 Å². The summed E-state index contributed by atoms with van der Waals surface area (Å²) in [7, 11) is 1.57. The fourth-order valence-corrected chi connectivity index (χ4v) is 3.45. The largest absolute Gasteiger partial charge is 0.497 e. The lowest BCUT2D eigenvalue weighted by Crippen LogP contribution is -2.46. The first kappa shape index (κ1) is 19.7. The Balaban J connectivity index is 1.59. The van der Waals surface area contributed by atoms with Crippen molar-refractivity contribution in [3.05, 3.63) is 76.4 Å². The Bertz CT molecular complexity index is 870. The smallest absolute Gasteiger partial charge is 0.309 e.